The minimum atomic E-state index is 0.681. The number of hydrogen-bond acceptors (Lipinski definition) is 4. The van der Waals surface area contributed by atoms with Crippen molar-refractivity contribution in [2.75, 3.05) is 19.9 Å². The van der Waals surface area contributed by atoms with E-state index in [9.17, 15) is 0 Å². The smallest absolute Gasteiger partial charge is 0.159 e. The third-order valence-electron chi connectivity index (χ3n) is 3.53. The summed E-state index contributed by atoms with van der Waals surface area (Å²) in [6, 6.07) is 10.1. The molecule has 1 aliphatic rings. The first-order valence-corrected chi connectivity index (χ1v) is 7.07. The van der Waals surface area contributed by atoms with Gasteiger partial charge in [0, 0.05) is 31.5 Å². The maximum atomic E-state index is 5.49. The molecule has 0 fully saturated rings. The van der Waals surface area contributed by atoms with Gasteiger partial charge < -0.3 is 4.74 Å². The van der Waals surface area contributed by atoms with Crippen LogP contribution in [-0.2, 0) is 17.7 Å². The lowest BCUT2D eigenvalue weighted by molar-refractivity contribution is 0.0270. The van der Waals surface area contributed by atoms with Gasteiger partial charge in [-0.3, -0.25) is 4.90 Å². The van der Waals surface area contributed by atoms with E-state index in [0.717, 1.165) is 43.2 Å². The van der Waals surface area contributed by atoms with Crippen LogP contribution in [0.2, 0.25) is 0 Å². The summed E-state index contributed by atoms with van der Waals surface area (Å²) in [4.78, 5) is 11.5. The van der Waals surface area contributed by atoms with Gasteiger partial charge in [-0.05, 0) is 18.9 Å². The van der Waals surface area contributed by atoms with Crippen molar-refractivity contribution in [2.45, 2.75) is 19.9 Å². The van der Waals surface area contributed by atoms with Crippen LogP contribution >= 0.6 is 0 Å². The molecule has 0 N–H and O–H groups in total. The molecular weight excluding hydrogens is 250 g/mol. The van der Waals surface area contributed by atoms with Gasteiger partial charge in [0.25, 0.3) is 0 Å². The van der Waals surface area contributed by atoms with Crippen LogP contribution in [0.25, 0.3) is 11.4 Å². The molecule has 0 amide bonds. The number of aromatic nitrogens is 2. The lowest BCUT2D eigenvalue weighted by Gasteiger charge is -2.27. The first-order chi connectivity index (χ1) is 9.86. The summed E-state index contributed by atoms with van der Waals surface area (Å²) in [5, 5.41) is 0. The third-order valence-corrected chi connectivity index (χ3v) is 3.53. The Morgan fingerprint density at radius 2 is 2.10 bits per heavy atom. The van der Waals surface area contributed by atoms with Crippen LogP contribution in [0, 0.1) is 0 Å². The predicted molar refractivity (Wildman–Crippen MR) is 78.1 cm³/mol. The van der Waals surface area contributed by atoms with E-state index < -0.39 is 0 Å². The first kappa shape index (κ1) is 13.2. The lowest BCUT2D eigenvalue weighted by Crippen LogP contribution is -2.33. The summed E-state index contributed by atoms with van der Waals surface area (Å²) >= 11 is 0. The number of hydrogen-bond donors (Lipinski definition) is 0. The second-order valence-electron chi connectivity index (χ2n) is 4.96. The molecule has 1 aromatic heterocycles. The van der Waals surface area contributed by atoms with E-state index in [1.807, 2.05) is 43.5 Å². The fourth-order valence-electron chi connectivity index (χ4n) is 2.41. The van der Waals surface area contributed by atoms with Gasteiger partial charge in [0.2, 0.25) is 0 Å². The molecule has 4 nitrogen and oxygen atoms in total. The van der Waals surface area contributed by atoms with Crippen molar-refractivity contribution in [1.29, 1.82) is 0 Å². The standard InChI is InChI=1S/C16H19N3O/c1-2-20-12-19-9-8-14-10-17-16(18-15(14)11-19)13-6-4-3-5-7-13/h3-7,10H,2,8-9,11-12H2,1H3. The van der Waals surface area contributed by atoms with Crippen LogP contribution in [0.1, 0.15) is 18.2 Å². The van der Waals surface area contributed by atoms with Crippen molar-refractivity contribution >= 4 is 0 Å². The van der Waals surface area contributed by atoms with Crippen molar-refractivity contribution in [3.05, 3.63) is 47.8 Å². The highest BCUT2D eigenvalue weighted by Crippen LogP contribution is 2.20. The van der Waals surface area contributed by atoms with Crippen LogP contribution < -0.4 is 0 Å². The van der Waals surface area contributed by atoms with Gasteiger partial charge in [0.05, 0.1) is 12.4 Å². The summed E-state index contributed by atoms with van der Waals surface area (Å²) in [7, 11) is 0. The van der Waals surface area contributed by atoms with Crippen molar-refractivity contribution in [1.82, 2.24) is 14.9 Å². The number of benzene rings is 1. The summed E-state index contributed by atoms with van der Waals surface area (Å²) in [5.41, 5.74) is 3.46. The summed E-state index contributed by atoms with van der Waals surface area (Å²) in [6.07, 6.45) is 2.97. The predicted octanol–water partition coefficient (Wildman–Crippen LogP) is 2.50. The second-order valence-corrected chi connectivity index (χ2v) is 4.96. The van der Waals surface area contributed by atoms with Crippen molar-refractivity contribution in [2.24, 2.45) is 0 Å². The molecule has 2 aromatic rings. The molecule has 0 bridgehead atoms. The third kappa shape index (κ3) is 2.86. The SMILES string of the molecule is CCOCN1CCc2cnc(-c3ccccc3)nc2C1. The van der Waals surface area contributed by atoms with E-state index >= 15 is 0 Å². The molecule has 2 heterocycles. The van der Waals surface area contributed by atoms with Gasteiger partial charge in [0.15, 0.2) is 5.82 Å². The van der Waals surface area contributed by atoms with Gasteiger partial charge >= 0.3 is 0 Å². The lowest BCUT2D eigenvalue weighted by atomic mass is 10.1. The molecule has 1 aliphatic heterocycles. The normalized spacial score (nSPS) is 15.1. The Morgan fingerprint density at radius 1 is 1.25 bits per heavy atom. The van der Waals surface area contributed by atoms with Gasteiger partial charge in [-0.25, -0.2) is 9.97 Å². The molecule has 0 atom stereocenters. The van der Waals surface area contributed by atoms with E-state index in [1.165, 1.54) is 5.56 Å². The van der Waals surface area contributed by atoms with Crippen molar-refractivity contribution in [3.8, 4) is 11.4 Å². The molecule has 0 aliphatic carbocycles. The quantitative estimate of drug-likeness (QED) is 0.854. The van der Waals surface area contributed by atoms with Crippen molar-refractivity contribution < 1.29 is 4.74 Å². The number of rotatable bonds is 4. The minimum Gasteiger partial charge on any atom is -0.366 e. The summed E-state index contributed by atoms with van der Waals surface area (Å²) < 4.78 is 5.49. The average molecular weight is 269 g/mol. The minimum absolute atomic E-state index is 0.681. The zero-order valence-corrected chi connectivity index (χ0v) is 11.7. The Morgan fingerprint density at radius 3 is 2.90 bits per heavy atom. The molecule has 20 heavy (non-hydrogen) atoms. The fraction of sp³-hybridized carbons (Fsp3) is 0.375. The molecule has 104 valence electrons. The van der Waals surface area contributed by atoms with Gasteiger partial charge in [-0.1, -0.05) is 30.3 Å². The highest BCUT2D eigenvalue weighted by molar-refractivity contribution is 5.54. The van der Waals surface area contributed by atoms with Crippen LogP contribution in [0.5, 0.6) is 0 Å². The maximum Gasteiger partial charge on any atom is 0.159 e. The molecule has 0 radical (unpaired) electrons. The zero-order chi connectivity index (χ0) is 13.8. The Labute approximate surface area is 119 Å². The molecule has 1 aromatic carbocycles. The number of nitrogens with zero attached hydrogens (tertiary/aromatic N) is 3. The Kier molecular flexibility index (Phi) is 4.04. The molecule has 4 heteroatoms. The fourth-order valence-corrected chi connectivity index (χ4v) is 2.41. The topological polar surface area (TPSA) is 38.2 Å². The van der Waals surface area contributed by atoms with Crippen LogP contribution in [0.15, 0.2) is 36.5 Å². The Hall–Kier alpha value is -1.78. The highest BCUT2D eigenvalue weighted by atomic mass is 16.5. The monoisotopic (exact) mass is 269 g/mol. The van der Waals surface area contributed by atoms with Crippen LogP contribution in [-0.4, -0.2) is 34.8 Å². The van der Waals surface area contributed by atoms with E-state index in [0.29, 0.717) is 6.73 Å². The highest BCUT2D eigenvalue weighted by Gasteiger charge is 2.18. The number of ether oxygens (including phenoxy) is 1. The maximum absolute atomic E-state index is 5.49. The Balaban J connectivity index is 1.82. The molecular formula is C16H19N3O. The van der Waals surface area contributed by atoms with E-state index in [2.05, 4.69) is 9.88 Å². The molecule has 0 spiro atoms. The van der Waals surface area contributed by atoms with Crippen LogP contribution in [0.4, 0.5) is 0 Å². The Bertz CT molecular complexity index is 571. The summed E-state index contributed by atoms with van der Waals surface area (Å²) in [5.74, 6) is 0.808. The van der Waals surface area contributed by atoms with Gasteiger partial charge in [-0.15, -0.1) is 0 Å². The molecule has 0 unspecified atom stereocenters. The van der Waals surface area contributed by atoms with E-state index in [-0.39, 0.29) is 0 Å². The second kappa shape index (κ2) is 6.11. The van der Waals surface area contributed by atoms with Crippen LogP contribution in [0.3, 0.4) is 0 Å². The van der Waals surface area contributed by atoms with Crippen molar-refractivity contribution in [3.63, 3.8) is 0 Å². The van der Waals surface area contributed by atoms with Gasteiger partial charge in [-0.2, -0.15) is 0 Å². The first-order valence-electron chi connectivity index (χ1n) is 7.07. The van der Waals surface area contributed by atoms with Gasteiger partial charge in [0.1, 0.15) is 0 Å². The van der Waals surface area contributed by atoms with E-state index in [1.54, 1.807) is 0 Å². The summed E-state index contributed by atoms with van der Waals surface area (Å²) in [6.45, 7) is 5.31. The van der Waals surface area contributed by atoms with E-state index in [4.69, 9.17) is 9.72 Å². The number of fused-ring (bicyclic) bond motifs is 1. The molecule has 0 saturated carbocycles. The molecule has 0 saturated heterocycles. The zero-order valence-electron chi connectivity index (χ0n) is 11.7. The largest absolute Gasteiger partial charge is 0.366 e. The molecule has 3 rings (SSSR count). The average Bonchev–Trinajstić information content (AvgIpc) is 2.53.